The van der Waals surface area contributed by atoms with E-state index >= 15 is 0 Å². The van der Waals surface area contributed by atoms with Crippen LogP contribution in [0.4, 0.5) is 0 Å². The van der Waals surface area contributed by atoms with E-state index < -0.39 is 0 Å². The molecule has 1 N–H and O–H groups in total. The fourth-order valence-corrected chi connectivity index (χ4v) is 2.06. The molecule has 0 aliphatic carbocycles. The summed E-state index contributed by atoms with van der Waals surface area (Å²) >= 11 is 0. The van der Waals surface area contributed by atoms with Crippen molar-refractivity contribution in [2.45, 2.75) is 52.1 Å². The van der Waals surface area contributed by atoms with E-state index in [2.05, 4.69) is 27.2 Å². The molecule has 0 amide bonds. The van der Waals surface area contributed by atoms with Crippen molar-refractivity contribution in [2.24, 2.45) is 0 Å². The number of hydrogen-bond donors (Lipinski definition) is 1. The average molecular weight is 208 g/mol. The number of nitrogens with zero attached hydrogens (tertiary/aromatic N) is 3. The maximum atomic E-state index is 4.22. The van der Waals surface area contributed by atoms with Crippen LogP contribution in [-0.2, 0) is 19.5 Å². The summed E-state index contributed by atoms with van der Waals surface area (Å²) in [6, 6.07) is 0. The minimum absolute atomic E-state index is 0.893. The van der Waals surface area contributed by atoms with Crippen LogP contribution in [-0.4, -0.2) is 21.5 Å². The number of rotatable bonds is 5. The average Bonchev–Trinajstić information content (AvgIpc) is 2.68. The number of aromatic nitrogens is 3. The van der Waals surface area contributed by atoms with Crippen LogP contribution in [0.2, 0.25) is 0 Å². The molecule has 84 valence electrons. The number of unbranched alkanes of at least 4 members (excludes halogenated alkanes) is 3. The number of nitrogens with one attached hydrogen (secondary N) is 1. The molecular weight excluding hydrogens is 188 g/mol. The second-order valence-electron chi connectivity index (χ2n) is 4.19. The first kappa shape index (κ1) is 10.6. The lowest BCUT2D eigenvalue weighted by atomic mass is 10.1. The fraction of sp³-hybridized carbons (Fsp3) is 0.818. The van der Waals surface area contributed by atoms with Gasteiger partial charge in [-0.2, -0.15) is 0 Å². The van der Waals surface area contributed by atoms with Gasteiger partial charge in [0.25, 0.3) is 0 Å². The van der Waals surface area contributed by atoms with Crippen molar-refractivity contribution in [3.63, 3.8) is 0 Å². The second kappa shape index (κ2) is 5.26. The molecule has 0 unspecified atom stereocenters. The molecule has 0 fully saturated rings. The molecule has 0 aromatic carbocycles. The summed E-state index contributed by atoms with van der Waals surface area (Å²) in [5.41, 5.74) is 2.50. The third-order valence-corrected chi connectivity index (χ3v) is 2.97. The lowest BCUT2D eigenvalue weighted by Gasteiger charge is -2.13. The van der Waals surface area contributed by atoms with Crippen LogP contribution in [0.3, 0.4) is 0 Å². The quantitative estimate of drug-likeness (QED) is 0.746. The van der Waals surface area contributed by atoms with Gasteiger partial charge in [-0.25, -0.2) is 4.68 Å². The van der Waals surface area contributed by atoms with Gasteiger partial charge >= 0.3 is 0 Å². The van der Waals surface area contributed by atoms with Crippen molar-refractivity contribution < 1.29 is 0 Å². The highest BCUT2D eigenvalue weighted by Gasteiger charge is 2.15. The van der Waals surface area contributed by atoms with E-state index in [0.29, 0.717) is 0 Å². The molecule has 2 heterocycles. The first-order valence-electron chi connectivity index (χ1n) is 6.03. The summed E-state index contributed by atoms with van der Waals surface area (Å²) in [6.45, 7) is 5.24. The molecule has 0 saturated carbocycles. The Labute approximate surface area is 91.1 Å². The van der Waals surface area contributed by atoms with Crippen molar-refractivity contribution in [1.82, 2.24) is 20.3 Å². The van der Waals surface area contributed by atoms with Crippen LogP contribution >= 0.6 is 0 Å². The van der Waals surface area contributed by atoms with Gasteiger partial charge in [-0.15, -0.1) is 5.10 Å². The zero-order chi connectivity index (χ0) is 10.5. The van der Waals surface area contributed by atoms with Crippen LogP contribution in [0.25, 0.3) is 0 Å². The van der Waals surface area contributed by atoms with Crippen molar-refractivity contribution in [1.29, 1.82) is 0 Å². The van der Waals surface area contributed by atoms with Gasteiger partial charge in [-0.1, -0.05) is 31.4 Å². The predicted octanol–water partition coefficient (Wildman–Crippen LogP) is 1.50. The molecule has 1 aliphatic heterocycles. The Morgan fingerprint density at radius 3 is 3.13 bits per heavy atom. The Hall–Kier alpha value is -0.900. The highest BCUT2D eigenvalue weighted by molar-refractivity contribution is 5.13. The van der Waals surface area contributed by atoms with Crippen LogP contribution < -0.4 is 5.32 Å². The molecule has 0 radical (unpaired) electrons. The SMILES string of the molecule is CCCCCCn1nnc2c1CCNC2. The molecule has 0 atom stereocenters. The summed E-state index contributed by atoms with van der Waals surface area (Å²) in [5.74, 6) is 0. The van der Waals surface area contributed by atoms with Gasteiger partial charge in [0.15, 0.2) is 0 Å². The zero-order valence-corrected chi connectivity index (χ0v) is 9.50. The van der Waals surface area contributed by atoms with E-state index in [1.807, 2.05) is 0 Å². The molecule has 1 aromatic heterocycles. The lowest BCUT2D eigenvalue weighted by molar-refractivity contribution is 0.504. The van der Waals surface area contributed by atoms with Gasteiger partial charge < -0.3 is 5.32 Å². The molecule has 0 spiro atoms. The van der Waals surface area contributed by atoms with Gasteiger partial charge in [0.2, 0.25) is 0 Å². The summed E-state index contributed by atoms with van der Waals surface area (Å²) in [4.78, 5) is 0. The monoisotopic (exact) mass is 208 g/mol. The molecule has 15 heavy (non-hydrogen) atoms. The fourth-order valence-electron chi connectivity index (χ4n) is 2.06. The molecular formula is C11H20N4. The Morgan fingerprint density at radius 1 is 1.33 bits per heavy atom. The van der Waals surface area contributed by atoms with Crippen molar-refractivity contribution >= 4 is 0 Å². The Kier molecular flexibility index (Phi) is 3.72. The third kappa shape index (κ3) is 2.56. The molecule has 1 aliphatic rings. The van der Waals surface area contributed by atoms with E-state index in [4.69, 9.17) is 0 Å². The first-order valence-corrected chi connectivity index (χ1v) is 6.03. The van der Waals surface area contributed by atoms with Gasteiger partial charge in [0, 0.05) is 26.1 Å². The highest BCUT2D eigenvalue weighted by atomic mass is 15.4. The largest absolute Gasteiger partial charge is 0.311 e. The number of fused-ring (bicyclic) bond motifs is 1. The second-order valence-corrected chi connectivity index (χ2v) is 4.19. The molecule has 2 rings (SSSR count). The maximum Gasteiger partial charge on any atom is 0.0997 e. The molecule has 0 saturated heterocycles. The highest BCUT2D eigenvalue weighted by Crippen LogP contribution is 2.11. The van der Waals surface area contributed by atoms with Crippen LogP contribution in [0.15, 0.2) is 0 Å². The van der Waals surface area contributed by atoms with Gasteiger partial charge in [-0.05, 0) is 6.42 Å². The van der Waals surface area contributed by atoms with Crippen LogP contribution in [0, 0.1) is 0 Å². The van der Waals surface area contributed by atoms with E-state index in [9.17, 15) is 0 Å². The van der Waals surface area contributed by atoms with Crippen molar-refractivity contribution in [3.05, 3.63) is 11.4 Å². The lowest BCUT2D eigenvalue weighted by Crippen LogP contribution is -2.25. The van der Waals surface area contributed by atoms with Gasteiger partial charge in [-0.3, -0.25) is 0 Å². The predicted molar refractivity (Wildman–Crippen MR) is 59.6 cm³/mol. The van der Waals surface area contributed by atoms with E-state index in [0.717, 1.165) is 31.7 Å². The molecule has 1 aromatic rings. The van der Waals surface area contributed by atoms with E-state index in [1.165, 1.54) is 31.4 Å². The normalized spacial score (nSPS) is 15.3. The van der Waals surface area contributed by atoms with Crippen LogP contribution in [0.1, 0.15) is 44.0 Å². The minimum Gasteiger partial charge on any atom is -0.311 e. The Balaban J connectivity index is 1.88. The number of aryl methyl sites for hydroxylation is 1. The molecule has 4 heteroatoms. The van der Waals surface area contributed by atoms with Gasteiger partial charge in [0.05, 0.1) is 11.4 Å². The van der Waals surface area contributed by atoms with Crippen molar-refractivity contribution in [2.75, 3.05) is 6.54 Å². The topological polar surface area (TPSA) is 42.7 Å². The standard InChI is InChI=1S/C11H20N4/c1-2-3-4-5-8-15-11-6-7-12-9-10(11)13-14-15/h12H,2-9H2,1H3. The maximum absolute atomic E-state index is 4.22. The molecule has 4 nitrogen and oxygen atoms in total. The smallest absolute Gasteiger partial charge is 0.0997 e. The Morgan fingerprint density at radius 2 is 2.27 bits per heavy atom. The Bertz CT molecular complexity index is 306. The van der Waals surface area contributed by atoms with E-state index in [-0.39, 0.29) is 0 Å². The summed E-state index contributed by atoms with van der Waals surface area (Å²) in [6.07, 6.45) is 6.24. The summed E-state index contributed by atoms with van der Waals surface area (Å²) in [7, 11) is 0. The first-order chi connectivity index (χ1) is 7.42. The zero-order valence-electron chi connectivity index (χ0n) is 9.50. The van der Waals surface area contributed by atoms with E-state index in [1.54, 1.807) is 0 Å². The number of hydrogen-bond acceptors (Lipinski definition) is 3. The molecule has 0 bridgehead atoms. The van der Waals surface area contributed by atoms with Crippen molar-refractivity contribution in [3.8, 4) is 0 Å². The summed E-state index contributed by atoms with van der Waals surface area (Å²) in [5, 5.41) is 11.7. The summed E-state index contributed by atoms with van der Waals surface area (Å²) < 4.78 is 2.10. The van der Waals surface area contributed by atoms with Gasteiger partial charge in [0.1, 0.15) is 0 Å². The minimum atomic E-state index is 0.893. The van der Waals surface area contributed by atoms with Crippen LogP contribution in [0.5, 0.6) is 0 Å². The third-order valence-electron chi connectivity index (χ3n) is 2.97.